The van der Waals surface area contributed by atoms with E-state index in [0.29, 0.717) is 24.2 Å². The number of hydrogen-bond donors (Lipinski definition) is 0. The molecule has 238 valence electrons. The quantitative estimate of drug-likeness (QED) is 0.0495. The Labute approximate surface area is 278 Å². The number of carbonyl (C=O) groups excluding carboxylic acids is 1. The molecule has 0 rings (SSSR count). The summed E-state index contributed by atoms with van der Waals surface area (Å²) in [6.45, 7) is 15.2. The van der Waals surface area contributed by atoms with Crippen molar-refractivity contribution in [3.8, 4) is 0 Å². The summed E-state index contributed by atoms with van der Waals surface area (Å²) in [5.41, 5.74) is 0. The number of nitrogens with zero attached hydrogens (tertiary/aromatic N) is 1. The monoisotopic (exact) mass is 574 g/mol. The van der Waals surface area contributed by atoms with E-state index >= 15 is 0 Å². The van der Waals surface area contributed by atoms with Gasteiger partial charge in [-0.2, -0.15) is 0 Å². The normalized spacial score (nSPS) is 12.1. The average molecular weight is 574 g/mol. The van der Waals surface area contributed by atoms with Gasteiger partial charge in [-0.25, -0.2) is 0 Å². The molecule has 2 unspecified atom stereocenters. The molecule has 1 amide bonds. The molecule has 0 aromatic heterocycles. The van der Waals surface area contributed by atoms with Gasteiger partial charge in [0.05, 0.1) is 0 Å². The molecule has 0 heterocycles. The molecule has 0 aliphatic rings. The largest absolute Gasteiger partial charge is 1.00 e. The zero-order valence-electron chi connectivity index (χ0n) is 29.3. The van der Waals surface area contributed by atoms with Crippen molar-refractivity contribution in [2.45, 2.75) is 188 Å². The van der Waals surface area contributed by atoms with E-state index in [1.54, 1.807) is 0 Å². The number of rotatable bonds is 29. The van der Waals surface area contributed by atoms with Crippen molar-refractivity contribution in [1.82, 2.24) is 4.90 Å². The Kier molecular flexibility index (Phi) is 44.4. The Bertz CT molecular complexity index is 435. The molecule has 40 heavy (non-hydrogen) atoms. The smallest absolute Gasteiger partial charge is 0.358 e. The Hall–Kier alpha value is 0.470. The van der Waals surface area contributed by atoms with Crippen LogP contribution in [-0.2, 0) is 4.79 Å². The van der Waals surface area contributed by atoms with Gasteiger partial charge in [-0.1, -0.05) is 156 Å². The Morgan fingerprint density at radius 2 is 0.750 bits per heavy atom. The molecule has 0 saturated carbocycles. The molecule has 0 aromatic rings. The number of hydrogen-bond acceptors (Lipinski definition) is 1. The first-order valence-corrected chi connectivity index (χ1v) is 17.2. The van der Waals surface area contributed by atoms with Crippen LogP contribution in [0.2, 0.25) is 0 Å². The SMILES string of the molecule is [CH2-]CC(=O)N(CC(CCCCCC)CCCCCCCC)CC(CCCCCC)CCCCCCCC.[CH3-].[CH3-].[Na+]. The van der Waals surface area contributed by atoms with Gasteiger partial charge in [0.25, 0.3) is 0 Å². The summed E-state index contributed by atoms with van der Waals surface area (Å²) in [6.07, 6.45) is 32.7. The van der Waals surface area contributed by atoms with Crippen LogP contribution >= 0.6 is 0 Å². The average Bonchev–Trinajstić information content (AvgIpc) is 2.91. The van der Waals surface area contributed by atoms with Gasteiger partial charge in [0.15, 0.2) is 5.91 Å². The summed E-state index contributed by atoms with van der Waals surface area (Å²) in [6, 6.07) is 0. The van der Waals surface area contributed by atoms with Crippen LogP contribution in [0.25, 0.3) is 0 Å². The second kappa shape index (κ2) is 37.5. The topological polar surface area (TPSA) is 20.3 Å². The van der Waals surface area contributed by atoms with Crippen LogP contribution in [0, 0.1) is 33.6 Å². The third-order valence-electron chi connectivity index (χ3n) is 8.39. The van der Waals surface area contributed by atoms with Gasteiger partial charge in [0.1, 0.15) is 0 Å². The van der Waals surface area contributed by atoms with Crippen LogP contribution in [0.1, 0.15) is 188 Å². The van der Waals surface area contributed by atoms with Gasteiger partial charge >= 0.3 is 29.6 Å². The van der Waals surface area contributed by atoms with E-state index in [1.165, 1.54) is 154 Å². The van der Waals surface area contributed by atoms with Crippen molar-refractivity contribution in [3.05, 3.63) is 21.8 Å². The van der Waals surface area contributed by atoms with Crippen molar-refractivity contribution in [2.24, 2.45) is 11.8 Å². The summed E-state index contributed by atoms with van der Waals surface area (Å²) < 4.78 is 0. The van der Waals surface area contributed by atoms with E-state index in [4.69, 9.17) is 0 Å². The Morgan fingerprint density at radius 1 is 0.500 bits per heavy atom. The van der Waals surface area contributed by atoms with Crippen molar-refractivity contribution >= 4 is 5.91 Å². The maximum Gasteiger partial charge on any atom is 1.00 e. The van der Waals surface area contributed by atoms with Crippen LogP contribution in [0.5, 0.6) is 0 Å². The number of unbranched alkanes of at least 4 members (excludes halogenated alkanes) is 16. The molecule has 0 aliphatic carbocycles. The molecule has 0 saturated heterocycles. The first-order chi connectivity index (χ1) is 18.1. The van der Waals surface area contributed by atoms with E-state index in [1.807, 2.05) is 0 Å². The summed E-state index contributed by atoms with van der Waals surface area (Å²) in [4.78, 5) is 15.4. The molecule has 2 atom stereocenters. The fourth-order valence-corrected chi connectivity index (χ4v) is 5.86. The summed E-state index contributed by atoms with van der Waals surface area (Å²) in [5, 5.41) is 0. The van der Waals surface area contributed by atoms with Crippen LogP contribution < -0.4 is 29.6 Å². The summed E-state index contributed by atoms with van der Waals surface area (Å²) in [5.74, 6) is 1.64. The van der Waals surface area contributed by atoms with Crippen molar-refractivity contribution in [2.75, 3.05) is 13.1 Å². The second-order valence-electron chi connectivity index (χ2n) is 12.1. The van der Waals surface area contributed by atoms with E-state index in [-0.39, 0.29) is 44.4 Å². The molecule has 0 aromatic carbocycles. The van der Waals surface area contributed by atoms with Crippen molar-refractivity contribution in [1.29, 1.82) is 0 Å². The van der Waals surface area contributed by atoms with Crippen LogP contribution in [0.3, 0.4) is 0 Å². The van der Waals surface area contributed by atoms with Gasteiger partial charge in [-0.3, -0.25) is 4.79 Å². The molecule has 2 nitrogen and oxygen atoms in total. The molecule has 0 spiro atoms. The zero-order valence-corrected chi connectivity index (χ0v) is 31.3. The van der Waals surface area contributed by atoms with Gasteiger partial charge in [0.2, 0.25) is 0 Å². The minimum Gasteiger partial charge on any atom is -0.358 e. The van der Waals surface area contributed by atoms with Crippen LogP contribution in [0.4, 0.5) is 0 Å². The van der Waals surface area contributed by atoms with E-state index < -0.39 is 0 Å². The molecular formula is C37H76NNaO-2. The first-order valence-electron chi connectivity index (χ1n) is 17.2. The fraction of sp³-hybridized carbons (Fsp3) is 0.892. The molecule has 0 aliphatic heterocycles. The van der Waals surface area contributed by atoms with Crippen molar-refractivity contribution < 1.29 is 34.4 Å². The standard InChI is InChI=1S/C35H70NO.2CH3.Na/c1-6-11-15-19-21-25-29-33(27-23-17-13-8-3)31-36(35(37)10-5)32-34(28-24-18-14-9-4)30-26-22-20-16-12-7-2;;;/h33-34H,5-32H2,1-4H3;2*1H3;/q3*-1;+1. The molecule has 0 radical (unpaired) electrons. The maximum atomic E-state index is 13.1. The molecule has 0 N–H and O–H groups in total. The van der Waals surface area contributed by atoms with E-state index in [0.717, 1.165) is 13.1 Å². The molecule has 0 fully saturated rings. The molecule has 0 bridgehead atoms. The van der Waals surface area contributed by atoms with Crippen LogP contribution in [0.15, 0.2) is 0 Å². The Morgan fingerprint density at radius 3 is 1.02 bits per heavy atom. The number of amides is 1. The van der Waals surface area contributed by atoms with Gasteiger partial charge in [-0.15, -0.1) is 6.42 Å². The number of carbonyl (C=O) groups is 1. The van der Waals surface area contributed by atoms with Crippen molar-refractivity contribution in [3.63, 3.8) is 0 Å². The minimum absolute atomic E-state index is 0. The first kappa shape index (κ1) is 47.4. The summed E-state index contributed by atoms with van der Waals surface area (Å²) >= 11 is 0. The minimum atomic E-state index is 0. The van der Waals surface area contributed by atoms with E-state index in [9.17, 15) is 4.79 Å². The van der Waals surface area contributed by atoms with Crippen LogP contribution in [-0.4, -0.2) is 23.9 Å². The molecular weight excluding hydrogens is 497 g/mol. The third kappa shape index (κ3) is 29.9. The predicted octanol–water partition coefficient (Wildman–Crippen LogP) is 9.62. The van der Waals surface area contributed by atoms with E-state index in [2.05, 4.69) is 39.5 Å². The van der Waals surface area contributed by atoms with Gasteiger partial charge < -0.3 is 26.7 Å². The maximum absolute atomic E-state index is 13.1. The predicted molar refractivity (Wildman–Crippen MR) is 180 cm³/mol. The Balaban J connectivity index is -0.00000216. The zero-order chi connectivity index (χ0) is 27.4. The third-order valence-corrected chi connectivity index (χ3v) is 8.39. The summed E-state index contributed by atoms with van der Waals surface area (Å²) in [7, 11) is 0. The second-order valence-corrected chi connectivity index (χ2v) is 12.1. The molecule has 3 heteroatoms. The van der Waals surface area contributed by atoms with Gasteiger partial charge in [-0.05, 0) is 37.5 Å². The van der Waals surface area contributed by atoms with Gasteiger partial charge in [0, 0.05) is 13.1 Å². The fourth-order valence-electron chi connectivity index (χ4n) is 5.86.